The zero-order valence-electron chi connectivity index (χ0n) is 11.1. The van der Waals surface area contributed by atoms with Crippen LogP contribution in [0.1, 0.15) is 17.2 Å². The lowest BCUT2D eigenvalue weighted by molar-refractivity contribution is -0.0411. The lowest BCUT2D eigenvalue weighted by Gasteiger charge is -2.38. The minimum atomic E-state index is 0.175. The molecule has 2 aliphatic heterocycles. The van der Waals surface area contributed by atoms with E-state index >= 15 is 0 Å². The number of rotatable bonds is 3. The van der Waals surface area contributed by atoms with E-state index in [9.17, 15) is 0 Å². The van der Waals surface area contributed by atoms with Gasteiger partial charge in [0.25, 0.3) is 0 Å². The largest absolute Gasteiger partial charge is 0.378 e. The van der Waals surface area contributed by atoms with Gasteiger partial charge in [0, 0.05) is 25.0 Å². The zero-order valence-corrected chi connectivity index (χ0v) is 11.8. The first kappa shape index (κ1) is 13.4. The molecule has 19 heavy (non-hydrogen) atoms. The van der Waals surface area contributed by atoms with Crippen molar-refractivity contribution < 1.29 is 9.47 Å². The molecule has 1 aromatic carbocycles. The number of ether oxygens (including phenoxy) is 2. The zero-order chi connectivity index (χ0) is 13.1. The monoisotopic (exact) mass is 281 g/mol. The van der Waals surface area contributed by atoms with E-state index in [0.717, 1.165) is 39.3 Å². The lowest BCUT2D eigenvalue weighted by atomic mass is 9.97. The Morgan fingerprint density at radius 1 is 1.26 bits per heavy atom. The summed E-state index contributed by atoms with van der Waals surface area (Å²) < 4.78 is 11.5. The molecule has 2 unspecified atom stereocenters. The van der Waals surface area contributed by atoms with Crippen molar-refractivity contribution in [3.8, 4) is 0 Å². The van der Waals surface area contributed by atoms with Gasteiger partial charge >= 0.3 is 0 Å². The summed E-state index contributed by atoms with van der Waals surface area (Å²) in [6, 6.07) is 8.92. The second-order valence-corrected chi connectivity index (χ2v) is 5.49. The number of alkyl halides is 1. The first-order valence-corrected chi connectivity index (χ1v) is 7.49. The van der Waals surface area contributed by atoms with Crippen molar-refractivity contribution in [2.75, 3.05) is 38.8 Å². The van der Waals surface area contributed by atoms with E-state index in [1.807, 2.05) is 0 Å². The molecule has 0 saturated carbocycles. The fraction of sp³-hybridized carbons (Fsp3) is 0.600. The van der Waals surface area contributed by atoms with Gasteiger partial charge in [0.1, 0.15) is 0 Å². The molecular formula is C15H20ClNO2. The third kappa shape index (κ3) is 2.95. The average molecular weight is 282 g/mol. The molecule has 0 amide bonds. The molecular weight excluding hydrogens is 262 g/mol. The molecule has 1 fully saturated rings. The molecule has 3 rings (SSSR count). The molecule has 1 saturated heterocycles. The van der Waals surface area contributed by atoms with Crippen LogP contribution in [-0.4, -0.2) is 49.7 Å². The van der Waals surface area contributed by atoms with Gasteiger partial charge in [-0.2, -0.15) is 0 Å². The number of morpholine rings is 1. The molecule has 2 heterocycles. The van der Waals surface area contributed by atoms with Crippen molar-refractivity contribution in [3.05, 3.63) is 35.4 Å². The molecule has 104 valence electrons. The third-order valence-electron chi connectivity index (χ3n) is 4.02. The highest BCUT2D eigenvalue weighted by molar-refractivity contribution is 6.18. The van der Waals surface area contributed by atoms with Crippen molar-refractivity contribution in [3.63, 3.8) is 0 Å². The van der Waals surface area contributed by atoms with Gasteiger partial charge in [-0.05, 0) is 17.5 Å². The van der Waals surface area contributed by atoms with Crippen molar-refractivity contribution in [1.82, 2.24) is 4.90 Å². The van der Waals surface area contributed by atoms with Gasteiger partial charge in [-0.25, -0.2) is 0 Å². The van der Waals surface area contributed by atoms with E-state index < -0.39 is 0 Å². The molecule has 0 aromatic heterocycles. The Labute approximate surface area is 119 Å². The maximum Gasteiger partial charge on any atom is 0.0954 e. The molecule has 0 bridgehead atoms. The van der Waals surface area contributed by atoms with E-state index in [4.69, 9.17) is 21.1 Å². The van der Waals surface area contributed by atoms with Crippen LogP contribution in [0.25, 0.3) is 0 Å². The van der Waals surface area contributed by atoms with Crippen LogP contribution in [0.2, 0.25) is 0 Å². The highest BCUT2D eigenvalue weighted by atomic mass is 35.5. The number of nitrogens with zero attached hydrogens (tertiary/aromatic N) is 1. The van der Waals surface area contributed by atoms with Crippen LogP contribution in [0, 0.1) is 0 Å². The van der Waals surface area contributed by atoms with Gasteiger partial charge in [0.2, 0.25) is 0 Å². The van der Waals surface area contributed by atoms with E-state index in [-0.39, 0.29) is 6.10 Å². The molecule has 2 aliphatic rings. The predicted molar refractivity (Wildman–Crippen MR) is 75.7 cm³/mol. The highest BCUT2D eigenvalue weighted by Crippen LogP contribution is 2.28. The Hall–Kier alpha value is -0.610. The second-order valence-electron chi connectivity index (χ2n) is 5.19. The van der Waals surface area contributed by atoms with Crippen molar-refractivity contribution in [1.29, 1.82) is 0 Å². The fourth-order valence-corrected chi connectivity index (χ4v) is 3.20. The minimum absolute atomic E-state index is 0.175. The van der Waals surface area contributed by atoms with Crippen molar-refractivity contribution in [2.24, 2.45) is 0 Å². The quantitative estimate of drug-likeness (QED) is 0.793. The van der Waals surface area contributed by atoms with Crippen LogP contribution in [0.3, 0.4) is 0 Å². The Morgan fingerprint density at radius 3 is 3.05 bits per heavy atom. The first-order valence-electron chi connectivity index (χ1n) is 6.95. The lowest BCUT2D eigenvalue weighted by Crippen LogP contribution is -2.48. The molecule has 3 nitrogen and oxygen atoms in total. The first-order chi connectivity index (χ1) is 9.38. The second kappa shape index (κ2) is 6.23. The summed E-state index contributed by atoms with van der Waals surface area (Å²) in [6.45, 7) is 4.20. The molecule has 4 heteroatoms. The molecule has 2 atom stereocenters. The Balaban J connectivity index is 1.73. The van der Waals surface area contributed by atoms with Gasteiger partial charge in [-0.1, -0.05) is 24.3 Å². The van der Waals surface area contributed by atoms with Gasteiger partial charge in [0.05, 0.1) is 25.9 Å². The van der Waals surface area contributed by atoms with E-state index in [1.165, 1.54) is 11.1 Å². The van der Waals surface area contributed by atoms with Gasteiger partial charge in [-0.3, -0.25) is 4.90 Å². The van der Waals surface area contributed by atoms with Gasteiger partial charge in [0.15, 0.2) is 0 Å². The maximum atomic E-state index is 6.03. The van der Waals surface area contributed by atoms with Crippen LogP contribution in [0.15, 0.2) is 24.3 Å². The summed E-state index contributed by atoms with van der Waals surface area (Å²) in [4.78, 5) is 2.41. The maximum absolute atomic E-state index is 6.03. The topological polar surface area (TPSA) is 21.7 Å². The summed E-state index contributed by atoms with van der Waals surface area (Å²) in [5, 5.41) is 0. The summed E-state index contributed by atoms with van der Waals surface area (Å²) >= 11 is 6.03. The number of halogens is 1. The van der Waals surface area contributed by atoms with Crippen LogP contribution in [-0.2, 0) is 15.9 Å². The molecule has 0 aliphatic carbocycles. The Kier molecular flexibility index (Phi) is 4.38. The highest BCUT2D eigenvalue weighted by Gasteiger charge is 2.28. The van der Waals surface area contributed by atoms with Crippen molar-refractivity contribution >= 4 is 11.6 Å². The smallest absolute Gasteiger partial charge is 0.0954 e. The third-order valence-corrected chi connectivity index (χ3v) is 4.38. The average Bonchev–Trinajstić information content (AvgIpc) is 2.48. The standard InChI is InChI=1S/C15H20ClNO2/c16-9-13-11-18-8-6-17(13)10-15-14-4-2-1-3-12(14)5-7-19-15/h1-4,13,15H,5-11H2. The molecule has 0 N–H and O–H groups in total. The minimum Gasteiger partial charge on any atom is -0.378 e. The number of hydrogen-bond donors (Lipinski definition) is 0. The van der Waals surface area contributed by atoms with Gasteiger partial charge < -0.3 is 9.47 Å². The summed E-state index contributed by atoms with van der Waals surface area (Å²) in [5.41, 5.74) is 2.77. The summed E-state index contributed by atoms with van der Waals surface area (Å²) in [7, 11) is 0. The normalized spacial score (nSPS) is 28.1. The summed E-state index contributed by atoms with van der Waals surface area (Å²) in [5.74, 6) is 0.619. The number of hydrogen-bond acceptors (Lipinski definition) is 3. The Morgan fingerprint density at radius 2 is 2.16 bits per heavy atom. The van der Waals surface area contributed by atoms with Crippen LogP contribution in [0.5, 0.6) is 0 Å². The van der Waals surface area contributed by atoms with Crippen LogP contribution < -0.4 is 0 Å². The molecule has 0 radical (unpaired) electrons. The molecule has 1 aromatic rings. The fourth-order valence-electron chi connectivity index (χ4n) is 2.91. The van der Waals surface area contributed by atoms with E-state index in [2.05, 4.69) is 29.2 Å². The predicted octanol–water partition coefficient (Wildman–Crippen LogP) is 2.24. The van der Waals surface area contributed by atoms with Gasteiger partial charge in [-0.15, -0.1) is 11.6 Å². The van der Waals surface area contributed by atoms with Crippen LogP contribution >= 0.6 is 11.6 Å². The van der Waals surface area contributed by atoms with Crippen LogP contribution in [0.4, 0.5) is 0 Å². The van der Waals surface area contributed by atoms with E-state index in [1.54, 1.807) is 0 Å². The van der Waals surface area contributed by atoms with Crippen molar-refractivity contribution in [2.45, 2.75) is 18.6 Å². The van der Waals surface area contributed by atoms with E-state index in [0.29, 0.717) is 11.9 Å². The molecule has 0 spiro atoms. The number of benzene rings is 1. The number of fused-ring (bicyclic) bond motifs is 1. The Bertz CT molecular complexity index is 426. The SMILES string of the molecule is ClCC1COCCN1CC1OCCc2ccccc21. The summed E-state index contributed by atoms with van der Waals surface area (Å²) in [6.07, 6.45) is 1.20.